The van der Waals surface area contributed by atoms with Gasteiger partial charge in [0.15, 0.2) is 10.9 Å². The predicted octanol–water partition coefficient (Wildman–Crippen LogP) is 7.62. The van der Waals surface area contributed by atoms with Gasteiger partial charge in [-0.15, -0.1) is 21.5 Å². The average molecular weight is 589 g/mol. The number of carbonyl (C=O) groups excluding carboxylic acids is 1. The van der Waals surface area contributed by atoms with E-state index in [4.69, 9.17) is 32.6 Å². The minimum Gasteiger partial charge on any atom is -0.461 e. The Morgan fingerprint density at radius 1 is 1.21 bits per heavy atom. The fraction of sp³-hybridized carbons (Fsp3) is 0.407. The number of carbonyl (C=O) groups is 1. The predicted molar refractivity (Wildman–Crippen MR) is 151 cm³/mol. The smallest absolute Gasteiger partial charge is 0.273 e. The zero-order valence-corrected chi connectivity index (χ0v) is 24.4. The Bertz CT molecular complexity index is 1500. The van der Waals surface area contributed by atoms with Crippen LogP contribution in [0.5, 0.6) is 0 Å². The van der Waals surface area contributed by atoms with Crippen molar-refractivity contribution in [3.8, 4) is 17.3 Å². The fourth-order valence-electron chi connectivity index (χ4n) is 6.25. The van der Waals surface area contributed by atoms with Crippen molar-refractivity contribution in [2.24, 2.45) is 10.8 Å². The van der Waals surface area contributed by atoms with Crippen LogP contribution in [0.25, 0.3) is 17.3 Å². The molecule has 1 aliphatic carbocycles. The van der Waals surface area contributed by atoms with Crippen LogP contribution in [-0.2, 0) is 5.75 Å². The number of thioether (sulfide) groups is 1. The molecule has 1 amide bonds. The molecule has 2 atom stereocenters. The minimum absolute atomic E-state index is 0.0418. The number of likely N-dealkylation sites (tertiary alicyclic amines) is 1. The van der Waals surface area contributed by atoms with E-state index in [9.17, 15) is 4.79 Å². The van der Waals surface area contributed by atoms with Gasteiger partial charge in [-0.2, -0.15) is 0 Å². The number of furan rings is 1. The Labute approximate surface area is 239 Å². The number of nitrogens with zero attached hydrogens (tertiary/aromatic N) is 5. The molecule has 4 heterocycles. The first-order valence-corrected chi connectivity index (χ1v) is 15.1. The summed E-state index contributed by atoms with van der Waals surface area (Å²) in [7, 11) is 0. The number of benzene rings is 1. The van der Waals surface area contributed by atoms with Gasteiger partial charge in [-0.05, 0) is 60.4 Å². The molecular formula is C27H27Cl2N5O2S2. The maximum absolute atomic E-state index is 13.5. The summed E-state index contributed by atoms with van der Waals surface area (Å²) < 4.78 is 7.45. The standard InChI is InChI=1S/C27H27Cl2N5O2S2/c1-26(2)10-17-11-27(3,14-26)15-33(17)24(35)19-12-37-22(30-19)13-38-25-32-31-23(21-5-4-8-36-21)34(25)20-7-6-16(28)9-18(20)29/h4-9,12,17H,10-11,13-15H2,1-3H3. The number of thiazole rings is 1. The Morgan fingerprint density at radius 2 is 2.05 bits per heavy atom. The molecular weight excluding hydrogens is 561 g/mol. The summed E-state index contributed by atoms with van der Waals surface area (Å²) in [5, 5.41) is 13.2. The van der Waals surface area contributed by atoms with Gasteiger partial charge in [-0.25, -0.2) is 4.98 Å². The number of hydrogen-bond acceptors (Lipinski definition) is 7. The summed E-state index contributed by atoms with van der Waals surface area (Å²) in [6.07, 6.45) is 4.86. The van der Waals surface area contributed by atoms with Gasteiger partial charge in [0, 0.05) is 23.0 Å². The lowest BCUT2D eigenvalue weighted by molar-refractivity contribution is 0.0703. The van der Waals surface area contributed by atoms with Crippen LogP contribution < -0.4 is 0 Å². The van der Waals surface area contributed by atoms with E-state index in [1.54, 1.807) is 24.5 Å². The molecule has 7 nitrogen and oxygen atoms in total. The zero-order valence-electron chi connectivity index (χ0n) is 21.3. The molecule has 0 spiro atoms. The first-order chi connectivity index (χ1) is 18.1. The summed E-state index contributed by atoms with van der Waals surface area (Å²) in [5.41, 5.74) is 1.67. The van der Waals surface area contributed by atoms with E-state index in [1.807, 2.05) is 22.1 Å². The van der Waals surface area contributed by atoms with E-state index >= 15 is 0 Å². The molecule has 1 saturated heterocycles. The van der Waals surface area contributed by atoms with Crippen LogP contribution in [0, 0.1) is 10.8 Å². The summed E-state index contributed by atoms with van der Waals surface area (Å²) >= 11 is 15.7. The van der Waals surface area contributed by atoms with E-state index < -0.39 is 0 Å². The van der Waals surface area contributed by atoms with Crippen molar-refractivity contribution in [1.82, 2.24) is 24.6 Å². The number of rotatable bonds is 6. The summed E-state index contributed by atoms with van der Waals surface area (Å²) in [5.74, 6) is 1.69. The lowest BCUT2D eigenvalue weighted by atomic mass is 9.65. The van der Waals surface area contributed by atoms with Gasteiger partial charge < -0.3 is 9.32 Å². The highest BCUT2D eigenvalue weighted by molar-refractivity contribution is 7.98. The third-order valence-corrected chi connectivity index (χ3v) is 9.81. The molecule has 198 valence electrons. The fourth-order valence-corrected chi connectivity index (χ4v) is 8.48. The largest absolute Gasteiger partial charge is 0.461 e. The molecule has 0 N–H and O–H groups in total. The second-order valence-electron chi connectivity index (χ2n) is 11.3. The maximum atomic E-state index is 13.5. The molecule has 1 aliphatic heterocycles. The Morgan fingerprint density at radius 3 is 2.82 bits per heavy atom. The Kier molecular flexibility index (Phi) is 6.61. The first kappa shape index (κ1) is 25.9. The summed E-state index contributed by atoms with van der Waals surface area (Å²) in [6.45, 7) is 7.76. The van der Waals surface area contributed by atoms with Gasteiger partial charge in [-0.3, -0.25) is 9.36 Å². The molecule has 1 saturated carbocycles. The molecule has 4 aromatic rings. The van der Waals surface area contributed by atoms with E-state index in [2.05, 4.69) is 35.9 Å². The number of fused-ring (bicyclic) bond motifs is 2. The maximum Gasteiger partial charge on any atom is 0.273 e. The number of hydrogen-bond donors (Lipinski definition) is 0. The van der Waals surface area contributed by atoms with Crippen molar-refractivity contribution in [3.05, 3.63) is 62.7 Å². The van der Waals surface area contributed by atoms with Gasteiger partial charge in [0.25, 0.3) is 5.91 Å². The second-order valence-corrected chi connectivity index (χ2v) is 14.0. The summed E-state index contributed by atoms with van der Waals surface area (Å²) in [4.78, 5) is 20.3. The highest BCUT2D eigenvalue weighted by atomic mass is 35.5. The van der Waals surface area contributed by atoms with E-state index in [0.29, 0.717) is 50.0 Å². The third-order valence-electron chi connectivity index (χ3n) is 7.30. The van der Waals surface area contributed by atoms with Crippen molar-refractivity contribution in [2.45, 2.75) is 57.0 Å². The quantitative estimate of drug-likeness (QED) is 0.216. The highest BCUT2D eigenvalue weighted by Gasteiger charge is 2.51. The van der Waals surface area contributed by atoms with Gasteiger partial charge in [0.1, 0.15) is 10.7 Å². The monoisotopic (exact) mass is 587 g/mol. The van der Waals surface area contributed by atoms with Crippen LogP contribution in [0.15, 0.2) is 51.5 Å². The van der Waals surface area contributed by atoms with Crippen molar-refractivity contribution < 1.29 is 9.21 Å². The van der Waals surface area contributed by atoms with E-state index in [-0.39, 0.29) is 16.7 Å². The molecule has 3 aromatic heterocycles. The SMILES string of the molecule is CC1(C)CC2CC(C)(CN2C(=O)c2csc(CSc3nnc(-c4ccco4)n3-c3ccc(Cl)cc3Cl)n2)C1. The van der Waals surface area contributed by atoms with Crippen LogP contribution in [0.3, 0.4) is 0 Å². The van der Waals surface area contributed by atoms with Gasteiger partial charge in [-0.1, -0.05) is 55.7 Å². The topological polar surface area (TPSA) is 77.0 Å². The number of halogens is 2. The van der Waals surface area contributed by atoms with Gasteiger partial charge in [0.05, 0.1) is 22.7 Å². The minimum atomic E-state index is 0.0418. The molecule has 1 aromatic carbocycles. The Hall–Kier alpha value is -2.33. The van der Waals surface area contributed by atoms with Crippen LogP contribution in [0.1, 0.15) is 55.5 Å². The van der Waals surface area contributed by atoms with Crippen molar-refractivity contribution in [1.29, 1.82) is 0 Å². The lowest BCUT2D eigenvalue weighted by Gasteiger charge is -2.39. The molecule has 2 fully saturated rings. The highest BCUT2D eigenvalue weighted by Crippen LogP contribution is 2.52. The van der Waals surface area contributed by atoms with Crippen molar-refractivity contribution in [2.75, 3.05) is 6.54 Å². The van der Waals surface area contributed by atoms with E-state index in [1.165, 1.54) is 23.1 Å². The van der Waals surface area contributed by atoms with Crippen LogP contribution in [0.2, 0.25) is 10.0 Å². The molecule has 6 rings (SSSR count). The van der Waals surface area contributed by atoms with Gasteiger partial charge >= 0.3 is 0 Å². The molecule has 38 heavy (non-hydrogen) atoms. The molecule has 0 radical (unpaired) electrons. The van der Waals surface area contributed by atoms with Crippen LogP contribution in [0.4, 0.5) is 0 Å². The molecule has 2 unspecified atom stereocenters. The first-order valence-electron chi connectivity index (χ1n) is 12.4. The summed E-state index contributed by atoms with van der Waals surface area (Å²) in [6, 6.07) is 9.21. The number of amides is 1. The average Bonchev–Trinajstić information content (AvgIpc) is 3.63. The second kappa shape index (κ2) is 9.70. The van der Waals surface area contributed by atoms with Crippen molar-refractivity contribution >= 4 is 52.2 Å². The Balaban J connectivity index is 1.22. The number of aromatic nitrogens is 4. The zero-order chi connectivity index (χ0) is 26.7. The lowest BCUT2D eigenvalue weighted by Crippen LogP contribution is -2.37. The van der Waals surface area contributed by atoms with Crippen LogP contribution in [-0.4, -0.2) is 43.1 Å². The van der Waals surface area contributed by atoms with Crippen LogP contribution >= 0.6 is 46.3 Å². The van der Waals surface area contributed by atoms with E-state index in [0.717, 1.165) is 30.8 Å². The normalized spacial score (nSPS) is 22.2. The van der Waals surface area contributed by atoms with Gasteiger partial charge in [0.2, 0.25) is 5.82 Å². The van der Waals surface area contributed by atoms with Crippen molar-refractivity contribution in [3.63, 3.8) is 0 Å². The molecule has 2 aliphatic rings. The third kappa shape index (κ3) is 4.90. The molecule has 11 heteroatoms. The molecule has 2 bridgehead atoms.